The van der Waals surface area contributed by atoms with Gasteiger partial charge in [0.25, 0.3) is 0 Å². The highest BCUT2D eigenvalue weighted by Crippen LogP contribution is 2.38. The second kappa shape index (κ2) is 6.58. The Morgan fingerprint density at radius 3 is 2.33 bits per heavy atom. The van der Waals surface area contributed by atoms with Gasteiger partial charge in [-0.05, 0) is 24.6 Å². The van der Waals surface area contributed by atoms with Gasteiger partial charge in [-0.2, -0.15) is 18.3 Å². The number of fused-ring (bicyclic) bond motifs is 1. The van der Waals surface area contributed by atoms with Crippen LogP contribution in [0.15, 0.2) is 72.8 Å². The summed E-state index contributed by atoms with van der Waals surface area (Å²) in [6.45, 7) is 2.36. The molecule has 27 heavy (non-hydrogen) atoms. The zero-order chi connectivity index (χ0) is 19.0. The van der Waals surface area contributed by atoms with Gasteiger partial charge < -0.3 is 0 Å². The number of benzene rings is 3. The lowest BCUT2D eigenvalue weighted by atomic mass is 10.0. The molecule has 0 amide bonds. The molecule has 0 aliphatic rings. The summed E-state index contributed by atoms with van der Waals surface area (Å²) in [6, 6.07) is 21.6. The van der Waals surface area contributed by atoms with Crippen LogP contribution in [-0.4, -0.2) is 9.78 Å². The van der Waals surface area contributed by atoms with Crippen LogP contribution in [0, 0.1) is 6.92 Å². The molecule has 4 aromatic rings. The van der Waals surface area contributed by atoms with Crippen molar-refractivity contribution in [3.05, 3.63) is 89.5 Å². The van der Waals surface area contributed by atoms with E-state index in [0.717, 1.165) is 22.8 Å². The van der Waals surface area contributed by atoms with Gasteiger partial charge in [0.05, 0.1) is 17.8 Å². The summed E-state index contributed by atoms with van der Waals surface area (Å²) < 4.78 is 42.2. The third-order valence-electron chi connectivity index (χ3n) is 4.54. The zero-order valence-electron chi connectivity index (χ0n) is 14.7. The third-order valence-corrected chi connectivity index (χ3v) is 4.54. The number of aromatic nitrogens is 2. The number of aryl methyl sites for hydroxylation is 1. The van der Waals surface area contributed by atoms with Crippen LogP contribution in [0.1, 0.15) is 16.7 Å². The Hall–Kier alpha value is -3.08. The highest BCUT2D eigenvalue weighted by atomic mass is 19.4. The van der Waals surface area contributed by atoms with E-state index in [1.54, 1.807) is 10.7 Å². The molecule has 0 radical (unpaired) electrons. The van der Waals surface area contributed by atoms with Crippen molar-refractivity contribution < 1.29 is 13.2 Å². The number of nitrogens with zero attached hydrogens (tertiary/aromatic N) is 2. The minimum atomic E-state index is -4.45. The molecule has 0 N–H and O–H groups in total. The van der Waals surface area contributed by atoms with E-state index in [0.29, 0.717) is 17.6 Å². The average molecular weight is 366 g/mol. The standard InChI is InChI=1S/C22H17F3N2/c1-15-7-5-10-17(13-15)21-18-11-6-12-19(22(23,24)25)20(18)26-27(21)14-16-8-3-2-4-9-16/h2-13H,14H2,1H3. The molecule has 0 saturated carbocycles. The van der Waals surface area contributed by atoms with Gasteiger partial charge in [-0.25, -0.2) is 0 Å². The van der Waals surface area contributed by atoms with Gasteiger partial charge in [-0.15, -0.1) is 0 Å². The summed E-state index contributed by atoms with van der Waals surface area (Å²) in [7, 11) is 0. The summed E-state index contributed by atoms with van der Waals surface area (Å²) in [5, 5.41) is 4.88. The molecule has 1 aromatic heterocycles. The molecule has 0 unspecified atom stereocenters. The molecule has 0 spiro atoms. The van der Waals surface area contributed by atoms with Crippen LogP contribution >= 0.6 is 0 Å². The second-order valence-electron chi connectivity index (χ2n) is 6.56. The molecule has 5 heteroatoms. The summed E-state index contributed by atoms with van der Waals surface area (Å²) in [4.78, 5) is 0. The van der Waals surface area contributed by atoms with Crippen LogP contribution < -0.4 is 0 Å². The molecular formula is C22H17F3N2. The van der Waals surface area contributed by atoms with E-state index in [-0.39, 0.29) is 5.52 Å². The van der Waals surface area contributed by atoms with Gasteiger partial charge in [0.2, 0.25) is 0 Å². The first kappa shape index (κ1) is 17.3. The quantitative estimate of drug-likeness (QED) is 0.430. The number of alkyl halides is 3. The maximum atomic E-state index is 13.5. The smallest absolute Gasteiger partial charge is 0.259 e. The fourth-order valence-corrected chi connectivity index (χ4v) is 3.35. The molecule has 136 valence electrons. The van der Waals surface area contributed by atoms with Crippen LogP contribution in [-0.2, 0) is 12.7 Å². The fourth-order valence-electron chi connectivity index (χ4n) is 3.35. The third kappa shape index (κ3) is 3.33. The van der Waals surface area contributed by atoms with Gasteiger partial charge in [-0.1, -0.05) is 66.2 Å². The van der Waals surface area contributed by atoms with Gasteiger partial charge in [-0.3, -0.25) is 4.68 Å². The Bertz CT molecular complexity index is 1100. The maximum absolute atomic E-state index is 13.5. The van der Waals surface area contributed by atoms with Crippen molar-refractivity contribution in [3.8, 4) is 11.3 Å². The molecule has 4 rings (SSSR count). The van der Waals surface area contributed by atoms with Gasteiger partial charge in [0.15, 0.2) is 0 Å². The Balaban J connectivity index is 1.99. The Morgan fingerprint density at radius 2 is 1.63 bits per heavy atom. The lowest BCUT2D eigenvalue weighted by molar-refractivity contribution is -0.136. The van der Waals surface area contributed by atoms with Gasteiger partial charge in [0, 0.05) is 10.9 Å². The lowest BCUT2D eigenvalue weighted by Crippen LogP contribution is -2.06. The molecule has 0 fully saturated rings. The van der Waals surface area contributed by atoms with Crippen molar-refractivity contribution in [3.63, 3.8) is 0 Å². The summed E-state index contributed by atoms with van der Waals surface area (Å²) in [6.07, 6.45) is -4.45. The average Bonchev–Trinajstić information content (AvgIpc) is 2.99. The number of halogens is 3. The molecule has 0 saturated heterocycles. The molecule has 0 atom stereocenters. The van der Waals surface area contributed by atoms with E-state index >= 15 is 0 Å². The van der Waals surface area contributed by atoms with Crippen molar-refractivity contribution in [2.45, 2.75) is 19.6 Å². The van der Waals surface area contributed by atoms with E-state index in [1.165, 1.54) is 6.07 Å². The predicted molar refractivity (Wildman–Crippen MR) is 100 cm³/mol. The Labute approximate surface area is 154 Å². The Kier molecular flexibility index (Phi) is 4.22. The number of hydrogen-bond acceptors (Lipinski definition) is 1. The molecule has 3 aromatic carbocycles. The summed E-state index contributed by atoms with van der Waals surface area (Å²) in [5.74, 6) is 0. The van der Waals surface area contributed by atoms with E-state index in [2.05, 4.69) is 5.10 Å². The SMILES string of the molecule is Cc1cccc(-c2c3cccc(C(F)(F)F)c3nn2Cc2ccccc2)c1. The maximum Gasteiger partial charge on any atom is 0.418 e. The molecule has 0 aliphatic carbocycles. The minimum Gasteiger partial charge on any atom is -0.259 e. The van der Waals surface area contributed by atoms with Crippen LogP contribution in [0.3, 0.4) is 0 Å². The molecule has 0 aliphatic heterocycles. The van der Waals surface area contributed by atoms with E-state index in [4.69, 9.17) is 0 Å². The lowest BCUT2D eigenvalue weighted by Gasteiger charge is -2.09. The first-order valence-electron chi connectivity index (χ1n) is 8.61. The van der Waals surface area contributed by atoms with Crippen molar-refractivity contribution >= 4 is 10.9 Å². The molecule has 1 heterocycles. The molecule has 0 bridgehead atoms. The minimum absolute atomic E-state index is 0.0163. The first-order valence-corrected chi connectivity index (χ1v) is 8.61. The normalized spacial score (nSPS) is 11.9. The van der Waals surface area contributed by atoms with Crippen molar-refractivity contribution in [1.82, 2.24) is 9.78 Å². The topological polar surface area (TPSA) is 17.8 Å². The van der Waals surface area contributed by atoms with Crippen LogP contribution in [0.2, 0.25) is 0 Å². The van der Waals surface area contributed by atoms with E-state index in [9.17, 15) is 13.2 Å². The van der Waals surface area contributed by atoms with Gasteiger partial charge in [0.1, 0.15) is 5.52 Å². The molecule has 2 nitrogen and oxygen atoms in total. The predicted octanol–water partition coefficient (Wildman–Crippen LogP) is 6.08. The van der Waals surface area contributed by atoms with E-state index in [1.807, 2.05) is 61.5 Å². The summed E-state index contributed by atoms with van der Waals surface area (Å²) in [5.41, 5.74) is 2.85. The van der Waals surface area contributed by atoms with Crippen LogP contribution in [0.25, 0.3) is 22.2 Å². The van der Waals surface area contributed by atoms with E-state index < -0.39 is 11.7 Å². The molecular weight excluding hydrogens is 349 g/mol. The van der Waals surface area contributed by atoms with Crippen molar-refractivity contribution in [2.75, 3.05) is 0 Å². The number of hydrogen-bond donors (Lipinski definition) is 0. The van der Waals surface area contributed by atoms with Crippen molar-refractivity contribution in [2.24, 2.45) is 0 Å². The Morgan fingerprint density at radius 1 is 0.889 bits per heavy atom. The second-order valence-corrected chi connectivity index (χ2v) is 6.56. The van der Waals surface area contributed by atoms with Crippen molar-refractivity contribution in [1.29, 1.82) is 0 Å². The first-order chi connectivity index (χ1) is 12.9. The summed E-state index contributed by atoms with van der Waals surface area (Å²) >= 11 is 0. The monoisotopic (exact) mass is 366 g/mol. The highest BCUT2D eigenvalue weighted by Gasteiger charge is 2.34. The van der Waals surface area contributed by atoms with Crippen LogP contribution in [0.4, 0.5) is 13.2 Å². The van der Waals surface area contributed by atoms with Gasteiger partial charge >= 0.3 is 6.18 Å². The zero-order valence-corrected chi connectivity index (χ0v) is 14.7. The fraction of sp³-hybridized carbons (Fsp3) is 0.136. The highest BCUT2D eigenvalue weighted by molar-refractivity contribution is 5.95. The largest absolute Gasteiger partial charge is 0.418 e. The number of rotatable bonds is 3. The van der Waals surface area contributed by atoms with Crippen LogP contribution in [0.5, 0.6) is 0 Å².